The highest BCUT2D eigenvalue weighted by atomic mass is 16.6. The van der Waals surface area contributed by atoms with Crippen LogP contribution in [0.2, 0.25) is 0 Å². The smallest absolute Gasteiger partial charge is 0.324 e. The topological polar surface area (TPSA) is 52.6 Å². The number of ether oxygens (including phenoxy) is 2. The Morgan fingerprint density at radius 3 is 2.26 bits per heavy atom. The number of benzene rings is 1. The molecule has 19 heavy (non-hydrogen) atoms. The van der Waals surface area contributed by atoms with E-state index in [1.807, 2.05) is 6.07 Å². The number of hydrogen-bond donors (Lipinski definition) is 0. The van der Waals surface area contributed by atoms with Gasteiger partial charge in [-0.25, -0.2) is 0 Å². The maximum absolute atomic E-state index is 11.9. The van der Waals surface area contributed by atoms with Crippen molar-refractivity contribution < 1.29 is 19.1 Å². The molecule has 1 rings (SSSR count). The first-order chi connectivity index (χ1) is 9.13. The zero-order valence-electron chi connectivity index (χ0n) is 11.2. The van der Waals surface area contributed by atoms with Crippen LogP contribution in [0.1, 0.15) is 30.9 Å². The summed E-state index contributed by atoms with van der Waals surface area (Å²) in [5.74, 6) is -2.23. The van der Waals surface area contributed by atoms with Crippen molar-refractivity contribution >= 4 is 18.0 Å². The van der Waals surface area contributed by atoms with Crippen molar-refractivity contribution in [2.24, 2.45) is 0 Å². The molecule has 0 radical (unpaired) electrons. The monoisotopic (exact) mass is 262 g/mol. The fourth-order valence-corrected chi connectivity index (χ4v) is 1.69. The molecule has 4 nitrogen and oxygen atoms in total. The number of rotatable bonds is 6. The molecule has 1 aromatic rings. The van der Waals surface area contributed by atoms with E-state index in [-0.39, 0.29) is 13.2 Å². The highest BCUT2D eigenvalue weighted by Crippen LogP contribution is 2.21. The summed E-state index contributed by atoms with van der Waals surface area (Å²) in [5, 5.41) is 0. The van der Waals surface area contributed by atoms with Crippen molar-refractivity contribution in [3.05, 3.63) is 42.0 Å². The molecular formula is C15H18O4. The first-order valence-electron chi connectivity index (χ1n) is 6.19. The molecular weight excluding hydrogens is 244 g/mol. The Morgan fingerprint density at radius 2 is 1.79 bits per heavy atom. The molecule has 102 valence electrons. The average molecular weight is 262 g/mol. The van der Waals surface area contributed by atoms with Crippen molar-refractivity contribution in [3.8, 4) is 0 Å². The van der Waals surface area contributed by atoms with E-state index < -0.39 is 17.9 Å². The molecule has 0 aliphatic carbocycles. The minimum absolute atomic E-state index is 0.218. The van der Waals surface area contributed by atoms with Gasteiger partial charge in [0.2, 0.25) is 0 Å². The van der Waals surface area contributed by atoms with Crippen LogP contribution in [0, 0.1) is 0 Å². The molecule has 0 saturated heterocycles. The van der Waals surface area contributed by atoms with Gasteiger partial charge in [0.05, 0.1) is 13.2 Å². The standard InChI is InChI=1S/C15H18O4/c1-4-11-8-7-9-12(10-11)13(14(16)18-5-2)15(17)19-6-3/h4,7-10,13H,1,5-6H2,2-3H3. The second-order valence-corrected chi connectivity index (χ2v) is 3.81. The van der Waals surface area contributed by atoms with Crippen LogP contribution >= 0.6 is 0 Å². The van der Waals surface area contributed by atoms with Crippen LogP contribution in [-0.2, 0) is 19.1 Å². The van der Waals surface area contributed by atoms with E-state index in [0.29, 0.717) is 5.56 Å². The first kappa shape index (κ1) is 15.0. The summed E-state index contributed by atoms with van der Waals surface area (Å²) < 4.78 is 9.87. The normalized spacial score (nSPS) is 10.1. The molecule has 0 unspecified atom stereocenters. The summed E-state index contributed by atoms with van der Waals surface area (Å²) in [6.07, 6.45) is 1.65. The molecule has 0 amide bonds. The van der Waals surface area contributed by atoms with E-state index in [1.165, 1.54) is 0 Å². The lowest BCUT2D eigenvalue weighted by Crippen LogP contribution is -2.26. The molecule has 0 saturated carbocycles. The first-order valence-corrected chi connectivity index (χ1v) is 6.19. The van der Waals surface area contributed by atoms with Crippen molar-refractivity contribution in [1.82, 2.24) is 0 Å². The molecule has 0 heterocycles. The number of carbonyl (C=O) groups is 2. The zero-order chi connectivity index (χ0) is 14.3. The second-order valence-electron chi connectivity index (χ2n) is 3.81. The highest BCUT2D eigenvalue weighted by Gasteiger charge is 2.31. The molecule has 0 N–H and O–H groups in total. The molecule has 0 atom stereocenters. The molecule has 0 aliphatic rings. The van der Waals surface area contributed by atoms with Gasteiger partial charge in [0, 0.05) is 0 Å². The third-order valence-electron chi connectivity index (χ3n) is 2.52. The second kappa shape index (κ2) is 7.36. The van der Waals surface area contributed by atoms with Gasteiger partial charge in [-0.1, -0.05) is 36.9 Å². The summed E-state index contributed by atoms with van der Waals surface area (Å²) in [7, 11) is 0. The van der Waals surface area contributed by atoms with Crippen LogP contribution in [0.4, 0.5) is 0 Å². The van der Waals surface area contributed by atoms with Crippen LogP contribution in [-0.4, -0.2) is 25.2 Å². The summed E-state index contributed by atoms with van der Waals surface area (Å²) in [5.41, 5.74) is 1.38. The number of hydrogen-bond acceptors (Lipinski definition) is 4. The van der Waals surface area contributed by atoms with Crippen molar-refractivity contribution in [1.29, 1.82) is 0 Å². The van der Waals surface area contributed by atoms with E-state index >= 15 is 0 Å². The third kappa shape index (κ3) is 3.95. The van der Waals surface area contributed by atoms with Crippen molar-refractivity contribution in [2.75, 3.05) is 13.2 Å². The van der Waals surface area contributed by atoms with Gasteiger partial charge in [-0.2, -0.15) is 0 Å². The van der Waals surface area contributed by atoms with E-state index in [1.54, 1.807) is 38.1 Å². The molecule has 0 spiro atoms. The van der Waals surface area contributed by atoms with E-state index in [9.17, 15) is 9.59 Å². The Balaban J connectivity index is 3.10. The van der Waals surface area contributed by atoms with Crippen LogP contribution in [0.15, 0.2) is 30.8 Å². The largest absolute Gasteiger partial charge is 0.465 e. The minimum atomic E-state index is -1.04. The SMILES string of the molecule is C=Cc1cccc(C(C(=O)OCC)C(=O)OCC)c1. The zero-order valence-corrected chi connectivity index (χ0v) is 11.2. The number of esters is 2. The van der Waals surface area contributed by atoms with Crippen LogP contribution < -0.4 is 0 Å². The fourth-order valence-electron chi connectivity index (χ4n) is 1.69. The lowest BCUT2D eigenvalue weighted by atomic mass is 9.97. The Bertz CT molecular complexity index is 447. The predicted molar refractivity (Wildman–Crippen MR) is 72.5 cm³/mol. The van der Waals surface area contributed by atoms with E-state index in [0.717, 1.165) is 5.56 Å². The summed E-state index contributed by atoms with van der Waals surface area (Å²) in [4.78, 5) is 23.8. The van der Waals surface area contributed by atoms with Crippen LogP contribution in [0.5, 0.6) is 0 Å². The Hall–Kier alpha value is -2.10. The Labute approximate surface area is 113 Å². The summed E-state index contributed by atoms with van der Waals surface area (Å²) >= 11 is 0. The van der Waals surface area contributed by atoms with Gasteiger partial charge in [-0.15, -0.1) is 0 Å². The minimum Gasteiger partial charge on any atom is -0.465 e. The molecule has 0 fully saturated rings. The Kier molecular flexibility index (Phi) is 5.79. The lowest BCUT2D eigenvalue weighted by Gasteiger charge is -2.15. The van der Waals surface area contributed by atoms with Crippen molar-refractivity contribution in [2.45, 2.75) is 19.8 Å². The highest BCUT2D eigenvalue weighted by molar-refractivity contribution is 6.00. The average Bonchev–Trinajstić information content (AvgIpc) is 2.40. The van der Waals surface area contributed by atoms with Gasteiger partial charge in [0.15, 0.2) is 5.92 Å². The lowest BCUT2D eigenvalue weighted by molar-refractivity contribution is -0.156. The van der Waals surface area contributed by atoms with Gasteiger partial charge in [-0.3, -0.25) is 9.59 Å². The Morgan fingerprint density at radius 1 is 1.21 bits per heavy atom. The third-order valence-corrected chi connectivity index (χ3v) is 2.52. The van der Waals surface area contributed by atoms with E-state index in [4.69, 9.17) is 9.47 Å². The van der Waals surface area contributed by atoms with Gasteiger partial charge in [-0.05, 0) is 25.0 Å². The van der Waals surface area contributed by atoms with Gasteiger partial charge in [0.25, 0.3) is 0 Å². The summed E-state index contributed by atoms with van der Waals surface area (Å²) in [6.45, 7) is 7.49. The molecule has 4 heteroatoms. The van der Waals surface area contributed by atoms with E-state index in [2.05, 4.69) is 6.58 Å². The molecule has 0 aromatic heterocycles. The summed E-state index contributed by atoms with van der Waals surface area (Å²) in [6, 6.07) is 7.03. The van der Waals surface area contributed by atoms with Gasteiger partial charge >= 0.3 is 11.9 Å². The van der Waals surface area contributed by atoms with Crippen LogP contribution in [0.25, 0.3) is 6.08 Å². The molecule has 0 bridgehead atoms. The number of carbonyl (C=O) groups excluding carboxylic acids is 2. The fraction of sp³-hybridized carbons (Fsp3) is 0.333. The van der Waals surface area contributed by atoms with Gasteiger partial charge in [0.1, 0.15) is 0 Å². The maximum Gasteiger partial charge on any atom is 0.324 e. The predicted octanol–water partition coefficient (Wildman–Crippen LogP) is 2.54. The van der Waals surface area contributed by atoms with Crippen LogP contribution in [0.3, 0.4) is 0 Å². The van der Waals surface area contributed by atoms with Crippen molar-refractivity contribution in [3.63, 3.8) is 0 Å². The van der Waals surface area contributed by atoms with Gasteiger partial charge < -0.3 is 9.47 Å². The quantitative estimate of drug-likeness (QED) is 0.584. The molecule has 0 aliphatic heterocycles. The molecule has 1 aromatic carbocycles. The maximum atomic E-state index is 11.9.